The summed E-state index contributed by atoms with van der Waals surface area (Å²) in [6.07, 6.45) is 5.13. The van der Waals surface area contributed by atoms with Gasteiger partial charge < -0.3 is 4.74 Å². The summed E-state index contributed by atoms with van der Waals surface area (Å²) < 4.78 is 6.99. The number of carbonyl (C=O) groups excluding carboxylic acids is 2. The first-order chi connectivity index (χ1) is 12.1. The van der Waals surface area contributed by atoms with Gasteiger partial charge in [-0.3, -0.25) is 10.1 Å². The maximum Gasteiger partial charge on any atom is 0.357 e. The smallest absolute Gasteiger partial charge is 0.357 e. The fourth-order valence-electron chi connectivity index (χ4n) is 2.48. The number of nitrogens with one attached hydrogen (secondary N) is 1. The molecule has 3 heterocycles. The van der Waals surface area contributed by atoms with E-state index in [-0.39, 0.29) is 11.6 Å². The summed E-state index contributed by atoms with van der Waals surface area (Å²) in [5.41, 5.74) is 1.08. The highest BCUT2D eigenvalue weighted by molar-refractivity contribution is 9.10. The van der Waals surface area contributed by atoms with Crippen LogP contribution in [0.1, 0.15) is 44.5 Å². The molecule has 0 saturated heterocycles. The summed E-state index contributed by atoms with van der Waals surface area (Å²) in [5.74, 6) is -0.529. The number of amides is 1. The van der Waals surface area contributed by atoms with E-state index in [1.165, 1.54) is 29.3 Å². The van der Waals surface area contributed by atoms with Crippen molar-refractivity contribution >= 4 is 49.9 Å². The van der Waals surface area contributed by atoms with Crippen molar-refractivity contribution in [2.75, 3.05) is 12.4 Å². The Hall–Kier alpha value is -2.33. The molecule has 0 unspecified atom stereocenters. The van der Waals surface area contributed by atoms with Crippen LogP contribution in [0.2, 0.25) is 0 Å². The van der Waals surface area contributed by atoms with Crippen molar-refractivity contribution in [3.8, 4) is 0 Å². The van der Waals surface area contributed by atoms with Crippen molar-refractivity contribution in [1.82, 2.24) is 19.6 Å². The molecule has 0 radical (unpaired) electrons. The van der Waals surface area contributed by atoms with Gasteiger partial charge in [0.25, 0.3) is 5.91 Å². The third kappa shape index (κ3) is 3.02. The summed E-state index contributed by atoms with van der Waals surface area (Å²) in [6.45, 7) is 0. The summed E-state index contributed by atoms with van der Waals surface area (Å²) >= 11 is 4.66. The number of rotatable bonds is 4. The highest BCUT2D eigenvalue weighted by Crippen LogP contribution is 2.45. The molecule has 1 saturated carbocycles. The number of hydrogen-bond donors (Lipinski definition) is 1. The van der Waals surface area contributed by atoms with Crippen LogP contribution >= 0.6 is 27.3 Å². The van der Waals surface area contributed by atoms with Crippen LogP contribution in [0, 0.1) is 0 Å². The first-order valence-corrected chi connectivity index (χ1v) is 9.07. The summed E-state index contributed by atoms with van der Waals surface area (Å²) in [7, 11) is 1.32. The number of ether oxygens (including phenoxy) is 1. The largest absolute Gasteiger partial charge is 0.464 e. The number of methoxy groups -OCH3 is 1. The molecule has 1 N–H and O–H groups in total. The predicted octanol–water partition coefficient (Wildman–Crippen LogP) is 2.86. The van der Waals surface area contributed by atoms with Gasteiger partial charge in [0.1, 0.15) is 6.33 Å². The van der Waals surface area contributed by atoms with Crippen LogP contribution in [0.25, 0.3) is 5.65 Å². The maximum absolute atomic E-state index is 12.7. The average Bonchev–Trinajstić information content (AvgIpc) is 3.19. The number of halogens is 1. The SMILES string of the molecule is COC(=O)c1nc(NC(=O)c2cc(Br)cn3ncnc23)sc1C1CC1. The molecule has 1 aliphatic carbocycles. The summed E-state index contributed by atoms with van der Waals surface area (Å²) in [5, 5.41) is 7.15. The number of thiazole rings is 1. The number of aromatic nitrogens is 4. The van der Waals surface area contributed by atoms with Crippen molar-refractivity contribution in [3.05, 3.63) is 39.2 Å². The van der Waals surface area contributed by atoms with E-state index in [1.54, 1.807) is 12.3 Å². The standard InChI is InChI=1S/C15H12BrN5O3S/c1-24-14(23)10-11(7-2-3-7)25-15(19-10)20-13(22)9-4-8(16)5-21-12(9)17-6-18-21/h4-7H,2-3H2,1H3,(H,19,20,22). The Morgan fingerprint density at radius 3 is 2.96 bits per heavy atom. The van der Waals surface area contributed by atoms with Crippen LogP contribution in [-0.2, 0) is 4.74 Å². The van der Waals surface area contributed by atoms with Crippen molar-refractivity contribution in [2.24, 2.45) is 0 Å². The third-order valence-electron chi connectivity index (χ3n) is 3.79. The molecule has 1 fully saturated rings. The van der Waals surface area contributed by atoms with E-state index >= 15 is 0 Å². The molecule has 0 aromatic carbocycles. The van der Waals surface area contributed by atoms with Gasteiger partial charge in [0.2, 0.25) is 0 Å². The van der Waals surface area contributed by atoms with Crippen LogP contribution in [0.15, 0.2) is 23.1 Å². The van der Waals surface area contributed by atoms with E-state index in [9.17, 15) is 9.59 Å². The molecular formula is C15H12BrN5O3S. The Bertz CT molecular complexity index is 994. The van der Waals surface area contributed by atoms with Gasteiger partial charge in [-0.15, -0.1) is 11.3 Å². The maximum atomic E-state index is 12.7. The fourth-order valence-corrected chi connectivity index (χ4v) is 4.02. The lowest BCUT2D eigenvalue weighted by Gasteiger charge is -2.04. The van der Waals surface area contributed by atoms with Gasteiger partial charge in [-0.2, -0.15) is 5.10 Å². The summed E-state index contributed by atoms with van der Waals surface area (Å²) in [6, 6.07) is 1.66. The fraction of sp³-hybridized carbons (Fsp3) is 0.267. The molecule has 1 amide bonds. The number of pyridine rings is 1. The topological polar surface area (TPSA) is 98.5 Å². The molecule has 0 spiro atoms. The molecule has 25 heavy (non-hydrogen) atoms. The minimum absolute atomic E-state index is 0.284. The lowest BCUT2D eigenvalue weighted by atomic mass is 10.2. The van der Waals surface area contributed by atoms with Gasteiger partial charge in [0.15, 0.2) is 16.5 Å². The molecule has 0 atom stereocenters. The van der Waals surface area contributed by atoms with Crippen molar-refractivity contribution < 1.29 is 14.3 Å². The Balaban J connectivity index is 1.66. The van der Waals surface area contributed by atoms with Crippen molar-refractivity contribution in [1.29, 1.82) is 0 Å². The molecule has 8 nitrogen and oxygen atoms in total. The zero-order valence-corrected chi connectivity index (χ0v) is 15.4. The zero-order chi connectivity index (χ0) is 17.6. The van der Waals surface area contributed by atoms with Crippen LogP contribution in [0.3, 0.4) is 0 Å². The molecule has 0 bridgehead atoms. The quantitative estimate of drug-likeness (QED) is 0.650. The van der Waals surface area contributed by atoms with E-state index in [4.69, 9.17) is 4.74 Å². The molecule has 3 aromatic rings. The number of esters is 1. The number of nitrogens with zero attached hydrogens (tertiary/aromatic N) is 4. The average molecular weight is 422 g/mol. The minimum Gasteiger partial charge on any atom is -0.464 e. The monoisotopic (exact) mass is 421 g/mol. The normalized spacial score (nSPS) is 13.8. The first-order valence-electron chi connectivity index (χ1n) is 7.46. The Labute approximate surface area is 154 Å². The van der Waals surface area contributed by atoms with Crippen molar-refractivity contribution in [2.45, 2.75) is 18.8 Å². The Morgan fingerprint density at radius 1 is 1.44 bits per heavy atom. The third-order valence-corrected chi connectivity index (χ3v) is 5.35. The molecule has 128 valence electrons. The van der Waals surface area contributed by atoms with Crippen molar-refractivity contribution in [3.63, 3.8) is 0 Å². The van der Waals surface area contributed by atoms with Crippen LogP contribution in [-0.4, -0.2) is 38.6 Å². The minimum atomic E-state index is -0.485. The number of fused-ring (bicyclic) bond motifs is 1. The van der Waals surface area contributed by atoms with Crippen LogP contribution in [0.5, 0.6) is 0 Å². The molecular weight excluding hydrogens is 410 g/mol. The van der Waals surface area contributed by atoms with E-state index in [0.717, 1.165) is 17.7 Å². The molecule has 0 aliphatic heterocycles. The van der Waals surface area contributed by atoms with Gasteiger partial charge in [-0.25, -0.2) is 19.3 Å². The highest BCUT2D eigenvalue weighted by Gasteiger charge is 2.32. The van der Waals surface area contributed by atoms with Gasteiger partial charge in [0.05, 0.1) is 12.7 Å². The lowest BCUT2D eigenvalue weighted by molar-refractivity contribution is 0.0593. The number of anilines is 1. The van der Waals surface area contributed by atoms with Crippen LogP contribution < -0.4 is 5.32 Å². The second kappa shape index (κ2) is 6.19. The van der Waals surface area contributed by atoms with E-state index < -0.39 is 5.97 Å². The second-order valence-corrected chi connectivity index (χ2v) is 7.50. The van der Waals surface area contributed by atoms with E-state index in [0.29, 0.717) is 26.7 Å². The Kier molecular flexibility index (Phi) is 4.00. The second-order valence-electron chi connectivity index (χ2n) is 5.55. The van der Waals surface area contributed by atoms with E-state index in [2.05, 4.69) is 36.3 Å². The molecule has 1 aliphatic rings. The molecule has 4 rings (SSSR count). The van der Waals surface area contributed by atoms with E-state index in [1.807, 2.05) is 0 Å². The molecule has 3 aromatic heterocycles. The number of carbonyl (C=O) groups is 2. The lowest BCUT2D eigenvalue weighted by Crippen LogP contribution is -2.14. The van der Waals surface area contributed by atoms with Gasteiger partial charge in [0, 0.05) is 15.5 Å². The first kappa shape index (κ1) is 16.2. The van der Waals surface area contributed by atoms with Gasteiger partial charge in [-0.1, -0.05) is 0 Å². The van der Waals surface area contributed by atoms with Gasteiger partial charge in [-0.05, 0) is 40.8 Å². The number of hydrogen-bond acceptors (Lipinski definition) is 7. The zero-order valence-electron chi connectivity index (χ0n) is 13.0. The van der Waals surface area contributed by atoms with Crippen LogP contribution in [0.4, 0.5) is 5.13 Å². The highest BCUT2D eigenvalue weighted by atomic mass is 79.9. The van der Waals surface area contributed by atoms with Gasteiger partial charge >= 0.3 is 5.97 Å². The predicted molar refractivity (Wildman–Crippen MR) is 94.1 cm³/mol. The molecule has 10 heteroatoms. The Morgan fingerprint density at radius 2 is 2.24 bits per heavy atom. The summed E-state index contributed by atoms with van der Waals surface area (Å²) in [4.78, 5) is 33.8.